The molecule has 0 atom stereocenters. The van der Waals surface area contributed by atoms with Crippen molar-refractivity contribution in [1.82, 2.24) is 4.90 Å². The predicted octanol–water partition coefficient (Wildman–Crippen LogP) is 0.898. The topological polar surface area (TPSA) is 40.5 Å². The zero-order valence-corrected chi connectivity index (χ0v) is 8.14. The Labute approximate surface area is 77.1 Å². The van der Waals surface area contributed by atoms with Gasteiger partial charge in [0, 0.05) is 5.25 Å². The summed E-state index contributed by atoms with van der Waals surface area (Å²) >= 11 is 1.58. The molecule has 70 valence electrons. The molecule has 0 amide bonds. The summed E-state index contributed by atoms with van der Waals surface area (Å²) in [7, 11) is 2.11. The van der Waals surface area contributed by atoms with Crippen molar-refractivity contribution < 1.29 is 9.90 Å². The number of carbonyl (C=O) groups is 1. The monoisotopic (exact) mass is 189 g/mol. The minimum Gasteiger partial charge on any atom is -0.481 e. The van der Waals surface area contributed by atoms with Gasteiger partial charge in [-0.15, -0.1) is 11.8 Å². The van der Waals surface area contributed by atoms with Crippen LogP contribution in [0.4, 0.5) is 0 Å². The predicted molar refractivity (Wildman–Crippen MR) is 50.6 cm³/mol. The van der Waals surface area contributed by atoms with Gasteiger partial charge in [-0.3, -0.25) is 4.79 Å². The smallest absolute Gasteiger partial charge is 0.313 e. The quantitative estimate of drug-likeness (QED) is 0.716. The summed E-state index contributed by atoms with van der Waals surface area (Å²) in [5, 5.41) is 9.03. The van der Waals surface area contributed by atoms with Crippen molar-refractivity contribution >= 4 is 17.7 Å². The molecule has 0 radical (unpaired) electrons. The average Bonchev–Trinajstić information content (AvgIpc) is 2.03. The van der Waals surface area contributed by atoms with Crippen LogP contribution in [0.15, 0.2) is 0 Å². The highest BCUT2D eigenvalue weighted by Gasteiger charge is 2.17. The summed E-state index contributed by atoms with van der Waals surface area (Å²) in [6, 6.07) is 0. The molecule has 0 bridgehead atoms. The molecule has 0 saturated carbocycles. The molecule has 1 heterocycles. The second kappa shape index (κ2) is 4.72. The molecule has 12 heavy (non-hydrogen) atoms. The van der Waals surface area contributed by atoms with Gasteiger partial charge < -0.3 is 10.0 Å². The van der Waals surface area contributed by atoms with Crippen LogP contribution in [0.3, 0.4) is 0 Å². The molecule has 0 aromatic rings. The van der Waals surface area contributed by atoms with Crippen molar-refractivity contribution in [2.75, 3.05) is 25.9 Å². The molecule has 1 fully saturated rings. The van der Waals surface area contributed by atoms with Crippen molar-refractivity contribution in [2.45, 2.75) is 18.1 Å². The Morgan fingerprint density at radius 3 is 2.67 bits per heavy atom. The van der Waals surface area contributed by atoms with E-state index in [0.717, 1.165) is 25.9 Å². The molecule has 0 aromatic heterocycles. The Morgan fingerprint density at radius 1 is 1.58 bits per heavy atom. The Morgan fingerprint density at radius 2 is 2.17 bits per heavy atom. The maximum Gasteiger partial charge on any atom is 0.313 e. The van der Waals surface area contributed by atoms with Crippen molar-refractivity contribution in [3.8, 4) is 0 Å². The zero-order chi connectivity index (χ0) is 8.97. The number of nitrogens with zero attached hydrogens (tertiary/aromatic N) is 1. The minimum absolute atomic E-state index is 0.258. The van der Waals surface area contributed by atoms with Gasteiger partial charge in [-0.25, -0.2) is 0 Å². The zero-order valence-electron chi connectivity index (χ0n) is 7.32. The van der Waals surface area contributed by atoms with E-state index in [9.17, 15) is 4.79 Å². The Kier molecular flexibility index (Phi) is 3.88. The molecule has 0 unspecified atom stereocenters. The fourth-order valence-electron chi connectivity index (χ4n) is 1.34. The summed E-state index contributed by atoms with van der Waals surface area (Å²) in [6.07, 6.45) is 2.27. The summed E-state index contributed by atoms with van der Waals surface area (Å²) in [6.45, 7) is 2.22. The maximum atomic E-state index is 10.3. The summed E-state index contributed by atoms with van der Waals surface area (Å²) in [5.41, 5.74) is 0. The van der Waals surface area contributed by atoms with Crippen LogP contribution in [0, 0.1) is 0 Å². The molecule has 1 N–H and O–H groups in total. The highest BCUT2D eigenvalue weighted by Crippen LogP contribution is 2.22. The molecule has 4 heteroatoms. The van der Waals surface area contributed by atoms with E-state index in [1.165, 1.54) is 0 Å². The molecule has 0 spiro atoms. The van der Waals surface area contributed by atoms with Gasteiger partial charge in [-0.2, -0.15) is 0 Å². The standard InChI is InChI=1S/C8H15NO2S/c1-9-4-2-7(3-5-9)12-6-8(10)11/h7H,2-6H2,1H3,(H,10,11). The van der Waals surface area contributed by atoms with Crippen LogP contribution in [0.2, 0.25) is 0 Å². The maximum absolute atomic E-state index is 10.3. The number of hydrogen-bond donors (Lipinski definition) is 1. The SMILES string of the molecule is CN1CCC(SCC(=O)O)CC1. The summed E-state index contributed by atoms with van der Waals surface area (Å²) in [4.78, 5) is 12.6. The van der Waals surface area contributed by atoms with Gasteiger partial charge in [-0.05, 0) is 33.0 Å². The first-order valence-electron chi connectivity index (χ1n) is 4.20. The number of hydrogen-bond acceptors (Lipinski definition) is 3. The fraction of sp³-hybridized carbons (Fsp3) is 0.875. The molecule has 1 aliphatic heterocycles. The number of likely N-dealkylation sites (tertiary alicyclic amines) is 1. The fourth-order valence-corrected chi connectivity index (χ4v) is 2.26. The highest BCUT2D eigenvalue weighted by molar-refractivity contribution is 8.00. The molecular weight excluding hydrogens is 174 g/mol. The number of thioether (sulfide) groups is 1. The van der Waals surface area contributed by atoms with Crippen LogP contribution in [0.25, 0.3) is 0 Å². The summed E-state index contributed by atoms with van der Waals surface area (Å²) in [5.74, 6) is -0.437. The van der Waals surface area contributed by atoms with Crippen LogP contribution < -0.4 is 0 Å². The van der Waals surface area contributed by atoms with Crippen LogP contribution in [0.1, 0.15) is 12.8 Å². The van der Waals surface area contributed by atoms with E-state index in [1.807, 2.05) is 0 Å². The van der Waals surface area contributed by atoms with Crippen molar-refractivity contribution in [2.24, 2.45) is 0 Å². The molecule has 1 saturated heterocycles. The summed E-state index contributed by atoms with van der Waals surface area (Å²) < 4.78 is 0. The number of carboxylic acids is 1. The van der Waals surface area contributed by atoms with Crippen molar-refractivity contribution in [3.05, 3.63) is 0 Å². The van der Waals surface area contributed by atoms with Gasteiger partial charge in [-0.1, -0.05) is 0 Å². The van der Waals surface area contributed by atoms with E-state index in [-0.39, 0.29) is 5.75 Å². The average molecular weight is 189 g/mol. The van der Waals surface area contributed by atoms with Gasteiger partial charge in [0.2, 0.25) is 0 Å². The van der Waals surface area contributed by atoms with Crippen LogP contribution in [-0.2, 0) is 4.79 Å². The number of carboxylic acid groups (broad SMARTS) is 1. The van der Waals surface area contributed by atoms with Gasteiger partial charge in [0.05, 0.1) is 5.75 Å². The third-order valence-electron chi connectivity index (χ3n) is 2.11. The van der Waals surface area contributed by atoms with Gasteiger partial charge in [0.1, 0.15) is 0 Å². The Bertz CT molecular complexity index is 155. The van der Waals surface area contributed by atoms with Gasteiger partial charge >= 0.3 is 5.97 Å². The van der Waals surface area contributed by atoms with Crippen LogP contribution in [-0.4, -0.2) is 47.1 Å². The first kappa shape index (κ1) is 9.86. The first-order chi connectivity index (χ1) is 5.68. The van der Waals surface area contributed by atoms with E-state index in [2.05, 4.69) is 11.9 Å². The first-order valence-corrected chi connectivity index (χ1v) is 5.25. The molecular formula is C8H15NO2S. The lowest BCUT2D eigenvalue weighted by Gasteiger charge is -2.27. The number of piperidine rings is 1. The van der Waals surface area contributed by atoms with Crippen molar-refractivity contribution in [3.63, 3.8) is 0 Å². The van der Waals surface area contributed by atoms with E-state index in [0.29, 0.717) is 5.25 Å². The third kappa shape index (κ3) is 3.45. The van der Waals surface area contributed by atoms with E-state index in [4.69, 9.17) is 5.11 Å². The molecule has 3 nitrogen and oxygen atoms in total. The largest absolute Gasteiger partial charge is 0.481 e. The lowest BCUT2D eigenvalue weighted by atomic mass is 10.1. The molecule has 0 aliphatic carbocycles. The normalized spacial score (nSPS) is 21.1. The second-order valence-corrected chi connectivity index (χ2v) is 4.50. The highest BCUT2D eigenvalue weighted by atomic mass is 32.2. The van der Waals surface area contributed by atoms with E-state index < -0.39 is 5.97 Å². The Balaban J connectivity index is 2.13. The van der Waals surface area contributed by atoms with Crippen molar-refractivity contribution in [1.29, 1.82) is 0 Å². The van der Waals surface area contributed by atoms with Gasteiger partial charge in [0.15, 0.2) is 0 Å². The molecule has 1 aliphatic rings. The van der Waals surface area contributed by atoms with Gasteiger partial charge in [0.25, 0.3) is 0 Å². The third-order valence-corrected chi connectivity index (χ3v) is 3.46. The molecule has 1 rings (SSSR count). The lowest BCUT2D eigenvalue weighted by molar-refractivity contribution is -0.133. The minimum atomic E-state index is -0.695. The second-order valence-electron chi connectivity index (χ2n) is 3.21. The number of rotatable bonds is 3. The number of aliphatic carboxylic acids is 1. The molecule has 0 aromatic carbocycles. The van der Waals surface area contributed by atoms with Crippen LogP contribution >= 0.6 is 11.8 Å². The Hall–Kier alpha value is -0.220. The lowest BCUT2D eigenvalue weighted by Crippen LogP contribution is -2.31. The van der Waals surface area contributed by atoms with E-state index in [1.54, 1.807) is 11.8 Å². The van der Waals surface area contributed by atoms with Crippen LogP contribution in [0.5, 0.6) is 0 Å². The van der Waals surface area contributed by atoms with E-state index >= 15 is 0 Å².